The van der Waals surface area contributed by atoms with Crippen molar-refractivity contribution in [2.45, 2.75) is 18.7 Å². The Morgan fingerprint density at radius 1 is 0.864 bits per heavy atom. The highest BCUT2D eigenvalue weighted by Gasteiger charge is 2.00. The molecule has 2 aromatic carbocycles. The van der Waals surface area contributed by atoms with E-state index in [9.17, 15) is 0 Å². The number of halogens is 3. The van der Waals surface area contributed by atoms with Gasteiger partial charge in [0.15, 0.2) is 0 Å². The highest BCUT2D eigenvalue weighted by Crippen LogP contribution is 2.18. The van der Waals surface area contributed by atoms with Crippen molar-refractivity contribution in [1.29, 1.82) is 10.5 Å². The molecule has 0 N–H and O–H groups in total. The molecule has 112 valence electrons. The molecule has 0 saturated carbocycles. The Balaban J connectivity index is 0.000000220. The van der Waals surface area contributed by atoms with Crippen molar-refractivity contribution in [1.82, 2.24) is 0 Å². The first-order chi connectivity index (χ1) is 10.5. The van der Waals surface area contributed by atoms with Crippen LogP contribution in [-0.2, 0) is 11.8 Å². The number of nitrogens with zero attached hydrogens (tertiary/aromatic N) is 2. The van der Waals surface area contributed by atoms with Crippen LogP contribution >= 0.6 is 47.8 Å². The molecule has 0 spiro atoms. The van der Waals surface area contributed by atoms with E-state index in [2.05, 4.69) is 59.9 Å². The molecule has 0 aliphatic heterocycles. The van der Waals surface area contributed by atoms with Gasteiger partial charge in [0.2, 0.25) is 0 Å². The highest BCUT2D eigenvalue weighted by molar-refractivity contribution is 9.10. The molecule has 0 unspecified atom stereocenters. The quantitative estimate of drug-likeness (QED) is 0.483. The lowest BCUT2D eigenvalue weighted by molar-refractivity contribution is 1.13. The van der Waals surface area contributed by atoms with Gasteiger partial charge in [-0.15, -0.1) is 0 Å². The Kier molecular flexibility index (Phi) is 8.42. The Morgan fingerprint density at radius 2 is 1.32 bits per heavy atom. The first-order valence-electron chi connectivity index (χ1n) is 6.48. The van der Waals surface area contributed by atoms with E-state index in [-0.39, 0.29) is 0 Å². The van der Waals surface area contributed by atoms with Gasteiger partial charge in [-0.2, -0.15) is 10.5 Å². The van der Waals surface area contributed by atoms with Crippen molar-refractivity contribution in [3.05, 3.63) is 67.6 Å². The van der Waals surface area contributed by atoms with Gasteiger partial charge in [0, 0.05) is 14.3 Å². The minimum Gasteiger partial charge on any atom is -0.192 e. The van der Waals surface area contributed by atoms with Gasteiger partial charge in [0.25, 0.3) is 0 Å². The second-order valence-corrected chi connectivity index (χ2v) is 6.71. The summed E-state index contributed by atoms with van der Waals surface area (Å²) >= 11 is 9.92. The van der Waals surface area contributed by atoms with Gasteiger partial charge in [0.1, 0.15) is 0 Å². The normalized spacial score (nSPS) is 9.18. The maximum atomic E-state index is 8.70. The maximum Gasteiger partial charge on any atom is 0.0995 e. The standard InChI is InChI=1S/C9H8BrN.C8H5Br2N/c1-2-7-3-4-9(10)5-8(7)6-11;9-4-6-1-2-8(10)3-7(6)5-11/h3-5H,2H2,1H3;1-3H,4H2. The molecule has 0 amide bonds. The van der Waals surface area contributed by atoms with E-state index in [1.165, 1.54) is 0 Å². The molecule has 0 aliphatic rings. The number of hydrogen-bond donors (Lipinski definition) is 0. The van der Waals surface area contributed by atoms with E-state index >= 15 is 0 Å². The van der Waals surface area contributed by atoms with Crippen LogP contribution in [0.3, 0.4) is 0 Å². The van der Waals surface area contributed by atoms with Crippen molar-refractivity contribution < 1.29 is 0 Å². The van der Waals surface area contributed by atoms with Crippen LogP contribution in [0, 0.1) is 22.7 Å². The lowest BCUT2D eigenvalue weighted by Gasteiger charge is -1.98. The molecule has 2 nitrogen and oxygen atoms in total. The van der Waals surface area contributed by atoms with Crippen LogP contribution < -0.4 is 0 Å². The predicted octanol–water partition coefficient (Wildman–Crippen LogP) is 6.10. The van der Waals surface area contributed by atoms with Crippen LogP contribution in [0.5, 0.6) is 0 Å². The van der Waals surface area contributed by atoms with Crippen LogP contribution in [0.25, 0.3) is 0 Å². The van der Waals surface area contributed by atoms with Crippen molar-refractivity contribution >= 4 is 47.8 Å². The third-order valence-corrected chi connectivity index (χ3v) is 4.50. The molecule has 5 heteroatoms. The largest absolute Gasteiger partial charge is 0.192 e. The summed E-state index contributed by atoms with van der Waals surface area (Å²) in [7, 11) is 0. The molecule has 0 bridgehead atoms. The fraction of sp³-hybridized carbons (Fsp3) is 0.176. The fourth-order valence-corrected chi connectivity index (χ4v) is 2.94. The number of rotatable bonds is 2. The van der Waals surface area contributed by atoms with E-state index < -0.39 is 0 Å². The molecule has 0 saturated heterocycles. The monoisotopic (exact) mass is 482 g/mol. The van der Waals surface area contributed by atoms with Crippen LogP contribution in [0.1, 0.15) is 29.2 Å². The summed E-state index contributed by atoms with van der Waals surface area (Å²) in [6, 6.07) is 15.7. The summed E-state index contributed by atoms with van der Waals surface area (Å²) in [5, 5.41) is 18.1. The zero-order valence-corrected chi connectivity index (χ0v) is 16.7. The number of benzene rings is 2. The molecule has 0 radical (unpaired) electrons. The molecule has 22 heavy (non-hydrogen) atoms. The molecular formula is C17H13Br3N2. The summed E-state index contributed by atoms with van der Waals surface area (Å²) in [4.78, 5) is 0. The van der Waals surface area contributed by atoms with Crippen LogP contribution in [-0.4, -0.2) is 0 Å². The SMILES string of the molecule is CCc1ccc(Br)cc1C#N.N#Cc1cc(Br)ccc1CBr. The molecule has 0 fully saturated rings. The van der Waals surface area contributed by atoms with Gasteiger partial charge >= 0.3 is 0 Å². The Morgan fingerprint density at radius 3 is 1.73 bits per heavy atom. The second-order valence-electron chi connectivity index (χ2n) is 4.31. The lowest BCUT2D eigenvalue weighted by atomic mass is 10.1. The molecule has 0 aliphatic carbocycles. The summed E-state index contributed by atoms with van der Waals surface area (Å²) in [6.45, 7) is 2.05. The van der Waals surface area contributed by atoms with Gasteiger partial charge in [-0.25, -0.2) is 0 Å². The van der Waals surface area contributed by atoms with Gasteiger partial charge in [-0.1, -0.05) is 66.8 Å². The van der Waals surface area contributed by atoms with Crippen molar-refractivity contribution in [3.8, 4) is 12.1 Å². The Bertz CT molecular complexity index is 664. The number of nitriles is 2. The number of aryl methyl sites for hydroxylation is 1. The zero-order valence-electron chi connectivity index (χ0n) is 11.9. The molecule has 0 aromatic heterocycles. The lowest BCUT2D eigenvalue weighted by Crippen LogP contribution is -1.85. The highest BCUT2D eigenvalue weighted by atomic mass is 79.9. The topological polar surface area (TPSA) is 47.6 Å². The maximum absolute atomic E-state index is 8.70. The van der Waals surface area contributed by atoms with Gasteiger partial charge in [-0.3, -0.25) is 0 Å². The van der Waals surface area contributed by atoms with Gasteiger partial charge in [-0.05, 0) is 41.8 Å². The van der Waals surface area contributed by atoms with Gasteiger partial charge < -0.3 is 0 Å². The smallest absolute Gasteiger partial charge is 0.0995 e. The summed E-state index contributed by atoms with van der Waals surface area (Å²) in [5.41, 5.74) is 3.62. The average molecular weight is 485 g/mol. The van der Waals surface area contributed by atoms with E-state index in [0.29, 0.717) is 0 Å². The Hall–Kier alpha value is -1.14. The van der Waals surface area contributed by atoms with Crippen molar-refractivity contribution in [3.63, 3.8) is 0 Å². The van der Waals surface area contributed by atoms with Crippen LogP contribution in [0.15, 0.2) is 45.3 Å². The molecule has 2 rings (SSSR count). The number of hydrogen-bond acceptors (Lipinski definition) is 2. The first-order valence-corrected chi connectivity index (χ1v) is 9.19. The van der Waals surface area contributed by atoms with E-state index in [1.54, 1.807) is 0 Å². The minimum atomic E-state index is 0.719. The fourth-order valence-electron chi connectivity index (χ4n) is 1.73. The van der Waals surface area contributed by atoms with Crippen molar-refractivity contribution in [2.24, 2.45) is 0 Å². The average Bonchev–Trinajstić information content (AvgIpc) is 2.55. The second kappa shape index (κ2) is 9.79. The summed E-state index contributed by atoms with van der Waals surface area (Å²) < 4.78 is 1.91. The van der Waals surface area contributed by atoms with E-state index in [1.807, 2.05) is 43.3 Å². The summed E-state index contributed by atoms with van der Waals surface area (Å²) in [6.07, 6.45) is 0.913. The minimum absolute atomic E-state index is 0.719. The van der Waals surface area contributed by atoms with Crippen LogP contribution in [0.2, 0.25) is 0 Å². The van der Waals surface area contributed by atoms with Crippen molar-refractivity contribution in [2.75, 3.05) is 0 Å². The predicted molar refractivity (Wildman–Crippen MR) is 99.7 cm³/mol. The number of alkyl halides is 1. The molecule has 0 atom stereocenters. The third-order valence-electron chi connectivity index (χ3n) is 2.91. The molecule has 0 heterocycles. The third kappa shape index (κ3) is 5.57. The molecule has 2 aromatic rings. The van der Waals surface area contributed by atoms with Crippen LogP contribution in [0.4, 0.5) is 0 Å². The first kappa shape index (κ1) is 18.9. The van der Waals surface area contributed by atoms with E-state index in [0.717, 1.165) is 43.0 Å². The summed E-state index contributed by atoms with van der Waals surface area (Å²) in [5.74, 6) is 0. The molecular weight excluding hydrogens is 472 g/mol. The van der Waals surface area contributed by atoms with Gasteiger partial charge in [0.05, 0.1) is 23.3 Å². The van der Waals surface area contributed by atoms with E-state index in [4.69, 9.17) is 10.5 Å². The zero-order chi connectivity index (χ0) is 16.5. The Labute approximate surface area is 156 Å².